The van der Waals surface area contributed by atoms with E-state index in [-0.39, 0.29) is 5.91 Å². The highest BCUT2D eigenvalue weighted by Crippen LogP contribution is 2.37. The fourth-order valence-electron chi connectivity index (χ4n) is 2.66. The van der Waals surface area contributed by atoms with Gasteiger partial charge in [0.15, 0.2) is 11.5 Å². The van der Waals surface area contributed by atoms with Crippen molar-refractivity contribution in [1.29, 1.82) is 0 Å². The Morgan fingerprint density at radius 2 is 1.80 bits per heavy atom. The lowest BCUT2D eigenvalue weighted by atomic mass is 9.75. The van der Waals surface area contributed by atoms with Gasteiger partial charge in [-0.25, -0.2) is 5.43 Å². The molecule has 1 heterocycles. The maximum Gasteiger partial charge on any atom is 0.252 e. The smallest absolute Gasteiger partial charge is 0.252 e. The van der Waals surface area contributed by atoms with Crippen molar-refractivity contribution in [2.75, 3.05) is 14.2 Å². The molecule has 5 nitrogen and oxygen atoms in total. The van der Waals surface area contributed by atoms with E-state index in [9.17, 15) is 4.79 Å². The van der Waals surface area contributed by atoms with Crippen LogP contribution in [0, 0.1) is 5.41 Å². The van der Waals surface area contributed by atoms with Crippen LogP contribution in [-0.2, 0) is 4.79 Å². The highest BCUT2D eigenvalue weighted by Gasteiger charge is 2.45. The number of carbonyl (C=O) groups excluding carboxylic acids is 1. The Morgan fingerprint density at radius 1 is 1.15 bits per heavy atom. The van der Waals surface area contributed by atoms with Crippen molar-refractivity contribution >= 4 is 11.6 Å². The molecule has 1 aromatic rings. The first-order chi connectivity index (χ1) is 9.62. The summed E-state index contributed by atoms with van der Waals surface area (Å²) in [5.74, 6) is 1.26. The number of methoxy groups -OCH3 is 2. The molecule has 0 radical (unpaired) electrons. The van der Waals surface area contributed by atoms with Crippen LogP contribution in [0.1, 0.15) is 32.3 Å². The van der Waals surface area contributed by atoms with Crippen LogP contribution >= 0.6 is 0 Å². The molecule has 1 aliphatic heterocycles. The zero-order valence-corrected chi connectivity index (χ0v) is 12.3. The summed E-state index contributed by atoms with van der Waals surface area (Å²) in [5.41, 5.74) is 3.70. The van der Waals surface area contributed by atoms with Gasteiger partial charge >= 0.3 is 0 Å². The average molecular weight is 276 g/mol. The number of hydrogen-bond donors (Lipinski definition) is 1. The molecule has 1 aromatic carbocycles. The molecule has 1 N–H and O–H groups in total. The summed E-state index contributed by atoms with van der Waals surface area (Å²) in [6.07, 6.45) is 1.42. The van der Waals surface area contributed by atoms with Crippen molar-refractivity contribution in [1.82, 2.24) is 5.43 Å². The monoisotopic (exact) mass is 276 g/mol. The van der Waals surface area contributed by atoms with Crippen molar-refractivity contribution in [3.8, 4) is 11.5 Å². The van der Waals surface area contributed by atoms with Gasteiger partial charge in [0.1, 0.15) is 0 Å². The van der Waals surface area contributed by atoms with Gasteiger partial charge in [-0.2, -0.15) is 5.10 Å². The van der Waals surface area contributed by atoms with E-state index in [2.05, 4.69) is 10.5 Å². The third kappa shape index (κ3) is 2.03. The van der Waals surface area contributed by atoms with Gasteiger partial charge in [-0.1, -0.05) is 13.8 Å². The van der Waals surface area contributed by atoms with Crippen molar-refractivity contribution in [3.05, 3.63) is 23.8 Å². The van der Waals surface area contributed by atoms with Crippen LogP contribution in [0.15, 0.2) is 23.3 Å². The lowest BCUT2D eigenvalue weighted by molar-refractivity contribution is -0.126. The Hall–Kier alpha value is -2.04. The van der Waals surface area contributed by atoms with Crippen LogP contribution < -0.4 is 14.9 Å². The molecular formula is C15H20N2O3. The maximum atomic E-state index is 12.1. The van der Waals surface area contributed by atoms with Crippen LogP contribution in [0.25, 0.3) is 0 Å². The first-order valence-corrected chi connectivity index (χ1v) is 6.74. The number of rotatable bonds is 5. The number of nitrogens with one attached hydrogen (secondary N) is 1. The fourth-order valence-corrected chi connectivity index (χ4v) is 2.66. The minimum Gasteiger partial charge on any atom is -0.493 e. The molecule has 108 valence electrons. The Labute approximate surface area is 119 Å². The summed E-state index contributed by atoms with van der Waals surface area (Å²) in [6.45, 7) is 4.01. The number of hydrazone groups is 1. The second kappa shape index (κ2) is 5.53. The molecule has 0 atom stereocenters. The fraction of sp³-hybridized carbons (Fsp3) is 0.467. The number of hydrogen-bond acceptors (Lipinski definition) is 4. The van der Waals surface area contributed by atoms with E-state index >= 15 is 0 Å². The van der Waals surface area contributed by atoms with Crippen LogP contribution in [-0.4, -0.2) is 25.8 Å². The standard InChI is InChI=1S/C15H20N2O3/c1-5-15(6-2)13(16-17-14(15)18)10-7-8-11(19-3)12(9-10)20-4/h7-9H,5-6H2,1-4H3,(H,17,18). The zero-order chi connectivity index (χ0) is 14.8. The highest BCUT2D eigenvalue weighted by molar-refractivity contribution is 6.19. The number of carbonyl (C=O) groups is 1. The maximum absolute atomic E-state index is 12.1. The molecule has 0 aliphatic carbocycles. The molecule has 1 amide bonds. The first-order valence-electron chi connectivity index (χ1n) is 6.74. The molecule has 0 aromatic heterocycles. The van der Waals surface area contributed by atoms with Crippen LogP contribution in [0.4, 0.5) is 0 Å². The van der Waals surface area contributed by atoms with Crippen LogP contribution in [0.2, 0.25) is 0 Å². The number of amides is 1. The van der Waals surface area contributed by atoms with E-state index in [1.165, 1.54) is 0 Å². The summed E-state index contributed by atoms with van der Waals surface area (Å²) < 4.78 is 10.5. The summed E-state index contributed by atoms with van der Waals surface area (Å²) in [4.78, 5) is 12.1. The van der Waals surface area contributed by atoms with Gasteiger partial charge in [0, 0.05) is 5.56 Å². The van der Waals surface area contributed by atoms with Crippen molar-refractivity contribution < 1.29 is 14.3 Å². The largest absolute Gasteiger partial charge is 0.493 e. The summed E-state index contributed by atoms with van der Waals surface area (Å²) >= 11 is 0. The number of benzene rings is 1. The third-order valence-electron chi connectivity index (χ3n) is 4.02. The molecular weight excluding hydrogens is 256 g/mol. The van der Waals surface area contributed by atoms with Crippen molar-refractivity contribution in [2.45, 2.75) is 26.7 Å². The van der Waals surface area contributed by atoms with Crippen LogP contribution in [0.5, 0.6) is 11.5 Å². The molecule has 0 unspecified atom stereocenters. The Morgan fingerprint density at radius 3 is 2.35 bits per heavy atom. The first kappa shape index (κ1) is 14.4. The van der Waals surface area contributed by atoms with E-state index in [1.54, 1.807) is 14.2 Å². The molecule has 0 saturated carbocycles. The molecule has 0 bridgehead atoms. The van der Waals surface area contributed by atoms with E-state index in [0.29, 0.717) is 24.3 Å². The quantitative estimate of drug-likeness (QED) is 0.898. The molecule has 0 spiro atoms. The number of ether oxygens (including phenoxy) is 2. The van der Waals surface area contributed by atoms with E-state index in [4.69, 9.17) is 9.47 Å². The van der Waals surface area contributed by atoms with Gasteiger partial charge in [-0.15, -0.1) is 0 Å². The topological polar surface area (TPSA) is 59.9 Å². The van der Waals surface area contributed by atoms with E-state index < -0.39 is 5.41 Å². The van der Waals surface area contributed by atoms with Crippen LogP contribution in [0.3, 0.4) is 0 Å². The summed E-state index contributed by atoms with van der Waals surface area (Å²) in [5, 5.41) is 4.23. The predicted molar refractivity (Wildman–Crippen MR) is 77.2 cm³/mol. The molecule has 0 fully saturated rings. The third-order valence-corrected chi connectivity index (χ3v) is 4.02. The lowest BCUT2D eigenvalue weighted by Gasteiger charge is -2.25. The van der Waals surface area contributed by atoms with E-state index in [0.717, 1.165) is 11.3 Å². The molecule has 1 aliphatic rings. The van der Waals surface area contributed by atoms with Gasteiger partial charge < -0.3 is 9.47 Å². The second-order valence-corrected chi connectivity index (χ2v) is 4.76. The predicted octanol–water partition coefficient (Wildman–Crippen LogP) is 2.34. The van der Waals surface area contributed by atoms with Gasteiger partial charge in [-0.05, 0) is 31.0 Å². The van der Waals surface area contributed by atoms with Crippen molar-refractivity contribution in [2.24, 2.45) is 10.5 Å². The highest BCUT2D eigenvalue weighted by atomic mass is 16.5. The second-order valence-electron chi connectivity index (χ2n) is 4.76. The average Bonchev–Trinajstić information content (AvgIpc) is 2.83. The minimum atomic E-state index is -0.556. The zero-order valence-electron chi connectivity index (χ0n) is 12.3. The molecule has 0 saturated heterocycles. The summed E-state index contributed by atoms with van der Waals surface area (Å²) in [7, 11) is 3.19. The number of nitrogens with zero attached hydrogens (tertiary/aromatic N) is 1. The Bertz CT molecular complexity index is 548. The van der Waals surface area contributed by atoms with Gasteiger partial charge in [-0.3, -0.25) is 4.79 Å². The molecule has 5 heteroatoms. The SMILES string of the molecule is CCC1(CC)C(=O)NN=C1c1ccc(OC)c(OC)c1. The van der Waals surface area contributed by atoms with Crippen molar-refractivity contribution in [3.63, 3.8) is 0 Å². The molecule has 20 heavy (non-hydrogen) atoms. The Kier molecular flexibility index (Phi) is 3.97. The Balaban J connectivity index is 2.48. The minimum absolute atomic E-state index is 0.0349. The molecule has 2 rings (SSSR count). The lowest BCUT2D eigenvalue weighted by Crippen LogP contribution is -2.37. The normalized spacial score (nSPS) is 16.6. The van der Waals surface area contributed by atoms with Gasteiger partial charge in [0.05, 0.1) is 25.3 Å². The van der Waals surface area contributed by atoms with E-state index in [1.807, 2.05) is 32.0 Å². The van der Waals surface area contributed by atoms with Gasteiger partial charge in [0.2, 0.25) is 0 Å². The van der Waals surface area contributed by atoms with Gasteiger partial charge in [0.25, 0.3) is 5.91 Å². The summed E-state index contributed by atoms with van der Waals surface area (Å²) in [6, 6.07) is 5.59.